The molecule has 2 aromatic rings. The van der Waals surface area contributed by atoms with Crippen LogP contribution in [0.3, 0.4) is 0 Å². The third-order valence-corrected chi connectivity index (χ3v) is 4.15. The first-order valence-electron chi connectivity index (χ1n) is 6.52. The number of fused-ring (bicyclic) bond motifs is 1. The van der Waals surface area contributed by atoms with Crippen molar-refractivity contribution in [3.05, 3.63) is 51.4 Å². The molecule has 1 heterocycles. The highest BCUT2D eigenvalue weighted by atomic mass is 79.9. The van der Waals surface area contributed by atoms with E-state index in [-0.39, 0.29) is 21.3 Å². The number of halogens is 5. The van der Waals surface area contributed by atoms with Crippen molar-refractivity contribution in [3.63, 3.8) is 0 Å². The summed E-state index contributed by atoms with van der Waals surface area (Å²) >= 11 is 2.94. The summed E-state index contributed by atoms with van der Waals surface area (Å²) in [6, 6.07) is 4.69. The number of hydrogen-bond acceptors (Lipinski definition) is 4. The van der Waals surface area contributed by atoms with E-state index in [1.807, 2.05) is 0 Å². The van der Waals surface area contributed by atoms with Crippen molar-refractivity contribution in [1.29, 1.82) is 5.26 Å². The Labute approximate surface area is 141 Å². The Hall–Kier alpha value is -2.18. The van der Waals surface area contributed by atoms with Gasteiger partial charge in [-0.1, -0.05) is 0 Å². The number of hydrogen-bond donors (Lipinski definition) is 1. The van der Waals surface area contributed by atoms with Crippen LogP contribution in [0, 0.1) is 17.1 Å². The molecule has 0 saturated heterocycles. The smallest absolute Gasteiger partial charge is 0.312 e. The van der Waals surface area contributed by atoms with Crippen molar-refractivity contribution >= 4 is 15.9 Å². The Morgan fingerprint density at radius 1 is 1.29 bits per heavy atom. The number of aliphatic hydroxyl groups is 1. The lowest BCUT2D eigenvalue weighted by Crippen LogP contribution is -2.24. The van der Waals surface area contributed by atoms with Gasteiger partial charge in [0, 0.05) is 22.3 Å². The van der Waals surface area contributed by atoms with Gasteiger partial charge in [-0.3, -0.25) is 0 Å². The maximum atomic E-state index is 14.1. The van der Waals surface area contributed by atoms with Crippen LogP contribution in [0.2, 0.25) is 0 Å². The number of benzene rings is 1. The lowest BCUT2D eigenvalue weighted by atomic mass is 10.1. The Bertz CT molecular complexity index is 869. The molecule has 1 aliphatic rings. The van der Waals surface area contributed by atoms with E-state index in [9.17, 15) is 22.7 Å². The van der Waals surface area contributed by atoms with Crippen molar-refractivity contribution in [3.8, 4) is 17.7 Å². The number of aromatic nitrogens is 1. The van der Waals surface area contributed by atoms with Crippen molar-refractivity contribution in [2.75, 3.05) is 0 Å². The second-order valence-corrected chi connectivity index (χ2v) is 5.92. The molecule has 2 atom stereocenters. The fourth-order valence-electron chi connectivity index (χ4n) is 2.42. The minimum Gasteiger partial charge on any atom is -0.438 e. The number of pyridine rings is 1. The third kappa shape index (κ3) is 2.52. The van der Waals surface area contributed by atoms with Crippen molar-refractivity contribution in [1.82, 2.24) is 4.98 Å². The van der Waals surface area contributed by atoms with Gasteiger partial charge in [-0.25, -0.2) is 13.8 Å². The molecule has 0 fully saturated rings. The normalized spacial score (nSPS) is 21.2. The zero-order chi connectivity index (χ0) is 17.6. The summed E-state index contributed by atoms with van der Waals surface area (Å²) in [6.45, 7) is 0. The van der Waals surface area contributed by atoms with Crippen LogP contribution in [0.4, 0.5) is 17.6 Å². The highest BCUT2D eigenvalue weighted by molar-refractivity contribution is 9.10. The molecule has 4 nitrogen and oxygen atoms in total. The average molecular weight is 403 g/mol. The molecule has 3 rings (SSSR count). The fraction of sp³-hybridized carbons (Fsp3) is 0.200. The zero-order valence-electron chi connectivity index (χ0n) is 11.6. The van der Waals surface area contributed by atoms with Crippen molar-refractivity contribution in [2.24, 2.45) is 0 Å². The Morgan fingerprint density at radius 2 is 2.00 bits per heavy atom. The van der Waals surface area contributed by atoms with E-state index < -0.39 is 35.5 Å². The van der Waals surface area contributed by atoms with Crippen LogP contribution < -0.4 is 4.74 Å². The molecular weight excluding hydrogens is 396 g/mol. The summed E-state index contributed by atoms with van der Waals surface area (Å²) in [5, 5.41) is 18.5. The Kier molecular flexibility index (Phi) is 3.97. The molecule has 124 valence electrons. The number of ether oxygens (including phenoxy) is 1. The first kappa shape index (κ1) is 16.7. The summed E-state index contributed by atoms with van der Waals surface area (Å²) < 4.78 is 60.3. The lowest BCUT2D eigenvalue weighted by Gasteiger charge is -2.15. The van der Waals surface area contributed by atoms with Gasteiger partial charge in [-0.05, 0) is 28.1 Å². The first-order chi connectivity index (χ1) is 11.3. The van der Waals surface area contributed by atoms with Crippen molar-refractivity contribution < 1.29 is 27.4 Å². The molecule has 24 heavy (non-hydrogen) atoms. The number of nitriles is 1. The van der Waals surface area contributed by atoms with Crippen LogP contribution in [0.5, 0.6) is 11.6 Å². The molecule has 9 heteroatoms. The molecule has 1 aromatic heterocycles. The van der Waals surface area contributed by atoms with Crippen LogP contribution in [0.25, 0.3) is 0 Å². The summed E-state index contributed by atoms with van der Waals surface area (Å²) in [4.78, 5) is 3.72. The van der Waals surface area contributed by atoms with Gasteiger partial charge in [0.15, 0.2) is 6.17 Å². The predicted octanol–water partition coefficient (Wildman–Crippen LogP) is 4.34. The van der Waals surface area contributed by atoms with Gasteiger partial charge >= 0.3 is 5.92 Å². The summed E-state index contributed by atoms with van der Waals surface area (Å²) in [7, 11) is 0. The molecule has 1 N–H and O–H groups in total. The maximum absolute atomic E-state index is 14.1. The number of aliphatic hydroxyl groups excluding tert-OH is 1. The maximum Gasteiger partial charge on any atom is 0.312 e. The molecule has 0 spiro atoms. The number of alkyl halides is 3. The van der Waals surface area contributed by atoms with Crippen LogP contribution in [0.15, 0.2) is 28.9 Å². The first-order valence-corrected chi connectivity index (χ1v) is 7.31. The zero-order valence-corrected chi connectivity index (χ0v) is 13.2. The second-order valence-electron chi connectivity index (χ2n) is 5.07. The van der Waals surface area contributed by atoms with E-state index in [0.717, 1.165) is 24.4 Å². The second kappa shape index (κ2) is 5.72. The van der Waals surface area contributed by atoms with Gasteiger partial charge in [0.05, 0.1) is 17.2 Å². The Balaban J connectivity index is 2.10. The molecule has 0 saturated carbocycles. The highest BCUT2D eigenvalue weighted by Crippen LogP contribution is 2.56. The SMILES string of the molecule is N#Cc1cc(F)cc(Oc2ncc(Br)c3c2[C@@H](F)C(F)(F)[C@H]3O)c1. The van der Waals surface area contributed by atoms with E-state index in [4.69, 9.17) is 10.00 Å². The average Bonchev–Trinajstić information content (AvgIpc) is 2.71. The molecule has 0 radical (unpaired) electrons. The predicted molar refractivity (Wildman–Crippen MR) is 76.9 cm³/mol. The minimum atomic E-state index is -4.05. The lowest BCUT2D eigenvalue weighted by molar-refractivity contribution is -0.143. The molecule has 0 aliphatic heterocycles. The van der Waals surface area contributed by atoms with Crippen LogP contribution in [-0.2, 0) is 0 Å². The largest absolute Gasteiger partial charge is 0.438 e. The van der Waals surface area contributed by atoms with Gasteiger partial charge in [0.25, 0.3) is 0 Å². The molecule has 0 unspecified atom stereocenters. The van der Waals surface area contributed by atoms with Gasteiger partial charge in [0.2, 0.25) is 5.88 Å². The fourth-order valence-corrected chi connectivity index (χ4v) is 2.96. The van der Waals surface area contributed by atoms with E-state index >= 15 is 0 Å². The molecule has 1 aliphatic carbocycles. The van der Waals surface area contributed by atoms with Gasteiger partial charge in [-0.15, -0.1) is 0 Å². The van der Waals surface area contributed by atoms with E-state index in [1.165, 1.54) is 0 Å². The highest BCUT2D eigenvalue weighted by Gasteiger charge is 2.58. The van der Waals surface area contributed by atoms with E-state index in [2.05, 4.69) is 20.9 Å². The summed E-state index contributed by atoms with van der Waals surface area (Å²) in [6.07, 6.45) is -4.15. The monoisotopic (exact) mass is 402 g/mol. The molecule has 0 bridgehead atoms. The van der Waals surface area contributed by atoms with E-state index in [0.29, 0.717) is 0 Å². The van der Waals surface area contributed by atoms with Gasteiger partial charge < -0.3 is 9.84 Å². The van der Waals surface area contributed by atoms with Gasteiger partial charge in [-0.2, -0.15) is 14.0 Å². The third-order valence-electron chi connectivity index (χ3n) is 3.52. The van der Waals surface area contributed by atoms with Crippen molar-refractivity contribution in [2.45, 2.75) is 18.2 Å². The van der Waals surface area contributed by atoms with E-state index in [1.54, 1.807) is 6.07 Å². The number of nitrogens with zero attached hydrogens (tertiary/aromatic N) is 2. The van der Waals surface area contributed by atoms with Crippen LogP contribution in [-0.4, -0.2) is 16.0 Å². The minimum absolute atomic E-state index is 0.00543. The standard InChI is InChI=1S/C15H7BrF4N2O2/c16-9-5-22-14(11-10(9)13(23)15(19,20)12(11)18)24-8-2-6(4-21)1-7(17)3-8/h1-3,5,12-13,23H/t12-,13+/m1/s1. The van der Waals surface area contributed by atoms with Crippen LogP contribution >= 0.6 is 15.9 Å². The Morgan fingerprint density at radius 3 is 2.67 bits per heavy atom. The molecule has 0 amide bonds. The van der Waals surface area contributed by atoms with Crippen LogP contribution in [0.1, 0.15) is 29.0 Å². The molecular formula is C15H7BrF4N2O2. The quantitative estimate of drug-likeness (QED) is 0.758. The molecule has 1 aromatic carbocycles. The summed E-state index contributed by atoms with van der Waals surface area (Å²) in [5.41, 5.74) is -1.07. The number of rotatable bonds is 2. The topological polar surface area (TPSA) is 66.1 Å². The van der Waals surface area contributed by atoms with Gasteiger partial charge in [0.1, 0.15) is 17.7 Å². The summed E-state index contributed by atoms with van der Waals surface area (Å²) in [5.74, 6) is -5.59.